The van der Waals surface area contributed by atoms with Gasteiger partial charge in [0, 0.05) is 16.1 Å². The number of hydrogen-bond acceptors (Lipinski definition) is 5. The second-order valence-electron chi connectivity index (χ2n) is 7.86. The molecule has 1 aliphatic rings. The molecule has 5 rings (SSSR count). The van der Waals surface area contributed by atoms with E-state index >= 15 is 0 Å². The summed E-state index contributed by atoms with van der Waals surface area (Å²) in [7, 11) is -3.31. The van der Waals surface area contributed by atoms with Gasteiger partial charge in [-0.3, -0.25) is 4.57 Å². The van der Waals surface area contributed by atoms with Gasteiger partial charge in [-0.25, -0.2) is 0 Å². The summed E-state index contributed by atoms with van der Waals surface area (Å²) in [5.74, 6) is 0.624. The molecule has 1 aromatic heterocycles. The second-order valence-corrected chi connectivity index (χ2v) is 11.9. The van der Waals surface area contributed by atoms with E-state index in [0.29, 0.717) is 32.5 Å². The molecule has 0 saturated heterocycles. The van der Waals surface area contributed by atoms with E-state index in [1.54, 1.807) is 16.6 Å². The number of thioether (sulfide) groups is 1. The number of halogens is 1. The van der Waals surface area contributed by atoms with Gasteiger partial charge < -0.3 is 5.32 Å². The number of nitrogens with zero attached hydrogens (tertiary/aromatic N) is 3. The smallest absolute Gasteiger partial charge is 0.247 e. The lowest BCUT2D eigenvalue weighted by atomic mass is 10.2. The number of nitrogens with one attached hydrogen (secondary N) is 1. The number of nitriles is 1. The topological polar surface area (TPSA) is 70.7 Å². The van der Waals surface area contributed by atoms with Gasteiger partial charge in [-0.05, 0) is 42.3 Å². The van der Waals surface area contributed by atoms with Crippen molar-refractivity contribution in [1.82, 2.24) is 9.55 Å². The first-order chi connectivity index (χ1) is 16.0. The molecule has 2 heterocycles. The summed E-state index contributed by atoms with van der Waals surface area (Å²) in [6.45, 7) is 1.99. The van der Waals surface area contributed by atoms with Crippen LogP contribution >= 0.6 is 30.7 Å². The lowest BCUT2D eigenvalue weighted by Crippen LogP contribution is -2.16. The Morgan fingerprint density at radius 3 is 2.45 bits per heavy atom. The lowest BCUT2D eigenvalue weighted by Gasteiger charge is -2.22. The fraction of sp³-hybridized carbons (Fsp3) is 0.120. The predicted molar refractivity (Wildman–Crippen MR) is 135 cm³/mol. The van der Waals surface area contributed by atoms with Gasteiger partial charge in [0.2, 0.25) is 7.29 Å². The van der Waals surface area contributed by atoms with E-state index < -0.39 is 13.1 Å². The Kier molecular flexibility index (Phi) is 5.80. The highest BCUT2D eigenvalue weighted by Crippen LogP contribution is 2.65. The number of rotatable bonds is 5. The fourth-order valence-electron chi connectivity index (χ4n) is 3.93. The zero-order chi connectivity index (χ0) is 23.0. The van der Waals surface area contributed by atoms with E-state index in [2.05, 4.69) is 11.4 Å². The Labute approximate surface area is 201 Å². The van der Waals surface area contributed by atoms with Crippen LogP contribution in [0, 0.1) is 18.3 Å². The molecule has 0 spiro atoms. The molecule has 1 N–H and O–H groups in total. The molecular formula is C25H20ClN4OPS. The van der Waals surface area contributed by atoms with Gasteiger partial charge in [0.25, 0.3) is 0 Å². The molecule has 8 heteroatoms. The summed E-state index contributed by atoms with van der Waals surface area (Å²) in [6.07, 6.45) is 0. The minimum absolute atomic E-state index is 0.416. The van der Waals surface area contributed by atoms with E-state index in [1.807, 2.05) is 73.7 Å². The van der Waals surface area contributed by atoms with Crippen LogP contribution in [0.5, 0.6) is 0 Å². The predicted octanol–water partition coefficient (Wildman–Crippen LogP) is 6.58. The molecule has 3 aromatic carbocycles. The number of benzene rings is 3. The van der Waals surface area contributed by atoms with E-state index in [1.165, 1.54) is 11.8 Å². The van der Waals surface area contributed by atoms with Gasteiger partial charge in [0.1, 0.15) is 22.4 Å². The molecule has 1 aliphatic heterocycles. The van der Waals surface area contributed by atoms with Crippen molar-refractivity contribution in [2.24, 2.45) is 0 Å². The van der Waals surface area contributed by atoms with Crippen LogP contribution in [-0.4, -0.2) is 9.55 Å². The van der Waals surface area contributed by atoms with Crippen LogP contribution in [0.4, 0.5) is 5.82 Å². The first-order valence-electron chi connectivity index (χ1n) is 10.4. The summed E-state index contributed by atoms with van der Waals surface area (Å²) < 4.78 is 16.4. The monoisotopic (exact) mass is 490 g/mol. The number of anilines is 1. The third kappa shape index (κ3) is 3.87. The van der Waals surface area contributed by atoms with Crippen molar-refractivity contribution < 1.29 is 4.57 Å². The largest absolute Gasteiger partial charge is 0.353 e. The van der Waals surface area contributed by atoms with Crippen molar-refractivity contribution in [3.63, 3.8) is 0 Å². The Hall–Kier alpha value is -2.97. The van der Waals surface area contributed by atoms with Crippen LogP contribution < -0.4 is 10.6 Å². The Bertz CT molecular complexity index is 1400. The lowest BCUT2D eigenvalue weighted by molar-refractivity contribution is 0.568. The number of aromatic nitrogens is 2. The normalized spacial score (nSPS) is 19.0. The molecule has 164 valence electrons. The number of fused-ring (bicyclic) bond motifs is 1. The molecule has 2 atom stereocenters. The van der Waals surface area contributed by atoms with Gasteiger partial charge in [-0.15, -0.1) is 0 Å². The minimum Gasteiger partial charge on any atom is -0.353 e. The van der Waals surface area contributed by atoms with E-state index in [4.69, 9.17) is 16.7 Å². The van der Waals surface area contributed by atoms with Crippen LogP contribution in [0.1, 0.15) is 28.0 Å². The highest BCUT2D eigenvalue weighted by molar-refractivity contribution is 7.98. The summed E-state index contributed by atoms with van der Waals surface area (Å²) in [5, 5.41) is 19.9. The molecule has 0 radical (unpaired) electrons. The van der Waals surface area contributed by atoms with Gasteiger partial charge in [-0.1, -0.05) is 83.5 Å². The van der Waals surface area contributed by atoms with Gasteiger partial charge in [0.15, 0.2) is 5.82 Å². The van der Waals surface area contributed by atoms with E-state index in [-0.39, 0.29) is 0 Å². The van der Waals surface area contributed by atoms with Crippen molar-refractivity contribution in [2.45, 2.75) is 23.5 Å². The molecular weight excluding hydrogens is 471 g/mol. The quantitative estimate of drug-likeness (QED) is 0.252. The molecule has 2 unspecified atom stereocenters. The number of aryl methyl sites for hydroxylation is 1. The molecule has 0 fully saturated rings. The summed E-state index contributed by atoms with van der Waals surface area (Å²) in [4.78, 5) is 0. The molecule has 5 nitrogen and oxygen atoms in total. The van der Waals surface area contributed by atoms with E-state index in [0.717, 1.165) is 16.7 Å². The molecule has 0 saturated carbocycles. The molecule has 0 aliphatic carbocycles. The van der Waals surface area contributed by atoms with Crippen molar-refractivity contribution in [3.05, 3.63) is 106 Å². The maximum atomic E-state index is 14.8. The maximum Gasteiger partial charge on any atom is 0.247 e. The van der Waals surface area contributed by atoms with E-state index in [9.17, 15) is 9.83 Å². The Morgan fingerprint density at radius 1 is 1.09 bits per heavy atom. The highest BCUT2D eigenvalue weighted by Gasteiger charge is 2.48. The van der Waals surface area contributed by atoms with Crippen LogP contribution in [0.2, 0.25) is 5.02 Å². The first kappa shape index (κ1) is 21.9. The SMILES string of the molecule is Cc1ccc(P2(=O)C(c3ccc(Cl)cc3)Nc3c(C#N)c(SCc4ccccc4)nn32)cc1. The summed E-state index contributed by atoms with van der Waals surface area (Å²) in [5.41, 5.74) is 3.46. The standard InChI is InChI=1S/C25H20ClN4OPS/c1-17-7-13-21(14-8-17)32(31)24(19-9-11-20(26)12-10-19)28-23-22(15-27)25(29-30(23)32)33-16-18-5-3-2-4-6-18/h2-14,24,28H,16H2,1H3. The summed E-state index contributed by atoms with van der Waals surface area (Å²) >= 11 is 7.57. The van der Waals surface area contributed by atoms with Crippen LogP contribution in [-0.2, 0) is 10.3 Å². The fourth-order valence-corrected chi connectivity index (χ4v) is 7.90. The van der Waals surface area contributed by atoms with Crippen LogP contribution in [0.3, 0.4) is 0 Å². The molecule has 4 aromatic rings. The number of hydrogen-bond donors (Lipinski definition) is 1. The highest BCUT2D eigenvalue weighted by atomic mass is 35.5. The van der Waals surface area contributed by atoms with Crippen LogP contribution in [0.15, 0.2) is 83.9 Å². The summed E-state index contributed by atoms with van der Waals surface area (Å²) in [6, 6.07) is 27.3. The average molecular weight is 491 g/mol. The van der Waals surface area contributed by atoms with Crippen LogP contribution in [0.25, 0.3) is 0 Å². The average Bonchev–Trinajstić information content (AvgIpc) is 3.33. The Morgan fingerprint density at radius 2 is 1.79 bits per heavy atom. The van der Waals surface area contributed by atoms with Gasteiger partial charge in [0.05, 0.1) is 0 Å². The second kappa shape index (κ2) is 8.76. The van der Waals surface area contributed by atoms with Gasteiger partial charge in [-0.2, -0.15) is 14.8 Å². The van der Waals surface area contributed by atoms with Crippen molar-refractivity contribution in [3.8, 4) is 6.07 Å². The maximum absolute atomic E-state index is 14.8. The first-order valence-corrected chi connectivity index (χ1v) is 13.5. The molecule has 0 amide bonds. The minimum atomic E-state index is -3.31. The third-order valence-corrected chi connectivity index (χ3v) is 9.97. The van der Waals surface area contributed by atoms with Crippen molar-refractivity contribution >= 4 is 41.8 Å². The van der Waals surface area contributed by atoms with Crippen molar-refractivity contribution in [2.75, 3.05) is 5.32 Å². The zero-order valence-corrected chi connectivity index (χ0v) is 20.2. The third-order valence-electron chi connectivity index (χ3n) is 5.66. The van der Waals surface area contributed by atoms with Gasteiger partial charge >= 0.3 is 0 Å². The molecule has 0 bridgehead atoms. The Balaban J connectivity index is 1.61. The zero-order valence-electron chi connectivity index (χ0n) is 17.8. The molecule has 33 heavy (non-hydrogen) atoms. The van der Waals surface area contributed by atoms with Crippen molar-refractivity contribution in [1.29, 1.82) is 5.26 Å².